The van der Waals surface area contributed by atoms with Gasteiger partial charge >= 0.3 is 5.69 Å². The molecule has 0 aliphatic heterocycles. The molecule has 1 aliphatic rings. The Morgan fingerprint density at radius 3 is 2.74 bits per heavy atom. The molecule has 3 N–H and O–H groups in total. The number of aliphatic hydroxyl groups is 2. The van der Waals surface area contributed by atoms with Crippen molar-refractivity contribution in [2.45, 2.75) is 19.4 Å². The molecule has 6 nitrogen and oxygen atoms in total. The van der Waals surface area contributed by atoms with Crippen molar-refractivity contribution in [2.24, 2.45) is 11.3 Å². The second-order valence-corrected chi connectivity index (χ2v) is 6.16. The number of aromatic nitrogens is 2. The van der Waals surface area contributed by atoms with E-state index in [0.29, 0.717) is 24.9 Å². The van der Waals surface area contributed by atoms with Gasteiger partial charge in [-0.2, -0.15) is 0 Å². The van der Waals surface area contributed by atoms with Crippen LogP contribution >= 0.6 is 22.6 Å². The predicted molar refractivity (Wildman–Crippen MR) is 78.6 cm³/mol. The fraction of sp³-hybridized carbons (Fsp3) is 0.667. The van der Waals surface area contributed by atoms with Crippen LogP contribution in [0.1, 0.15) is 12.0 Å². The summed E-state index contributed by atoms with van der Waals surface area (Å²) in [5.41, 5.74) is -0.648. The number of hydrogen-bond acceptors (Lipinski definition) is 4. The number of hydrogen-bond donors (Lipinski definition) is 3. The summed E-state index contributed by atoms with van der Waals surface area (Å²) in [6.07, 6.45) is 2.88. The highest BCUT2D eigenvalue weighted by atomic mass is 127. The van der Waals surface area contributed by atoms with Crippen molar-refractivity contribution in [3.05, 3.63) is 32.6 Å². The van der Waals surface area contributed by atoms with Gasteiger partial charge in [0.25, 0.3) is 5.56 Å². The lowest BCUT2D eigenvalue weighted by atomic mass is 10.1. The zero-order valence-electron chi connectivity index (χ0n) is 10.4. The van der Waals surface area contributed by atoms with Gasteiger partial charge in [0.2, 0.25) is 0 Å². The van der Waals surface area contributed by atoms with Crippen LogP contribution in [0.25, 0.3) is 0 Å². The third-order valence-electron chi connectivity index (χ3n) is 3.83. The maximum Gasteiger partial charge on any atom is 0.328 e. The van der Waals surface area contributed by atoms with Crippen molar-refractivity contribution in [3.8, 4) is 0 Å². The minimum atomic E-state index is -0.460. The van der Waals surface area contributed by atoms with Crippen molar-refractivity contribution in [1.82, 2.24) is 9.55 Å². The highest BCUT2D eigenvalue weighted by Gasteiger charge is 2.53. The molecule has 7 heteroatoms. The molecular weight excluding hydrogens is 363 g/mol. The first-order valence-corrected chi connectivity index (χ1v) is 7.69. The Morgan fingerprint density at radius 2 is 2.21 bits per heavy atom. The molecule has 106 valence electrons. The topological polar surface area (TPSA) is 95.3 Å². The van der Waals surface area contributed by atoms with Gasteiger partial charge in [-0.15, -0.1) is 0 Å². The van der Waals surface area contributed by atoms with E-state index < -0.39 is 11.1 Å². The predicted octanol–water partition coefficient (Wildman–Crippen LogP) is -0.495. The second kappa shape index (κ2) is 5.76. The number of H-pyrrole nitrogens is 1. The molecule has 0 radical (unpaired) electrons. The van der Waals surface area contributed by atoms with Gasteiger partial charge < -0.3 is 10.2 Å². The Labute approximate surface area is 123 Å². The summed E-state index contributed by atoms with van der Waals surface area (Å²) in [7, 11) is 0. The molecule has 2 unspecified atom stereocenters. The average Bonchev–Trinajstić information content (AvgIpc) is 3.09. The maximum absolute atomic E-state index is 11.8. The Kier molecular flexibility index (Phi) is 4.46. The van der Waals surface area contributed by atoms with Gasteiger partial charge in [-0.1, -0.05) is 22.6 Å². The van der Waals surface area contributed by atoms with E-state index in [1.165, 1.54) is 4.57 Å². The summed E-state index contributed by atoms with van der Waals surface area (Å²) < 4.78 is 2.23. The monoisotopic (exact) mass is 380 g/mol. The molecule has 0 amide bonds. The van der Waals surface area contributed by atoms with Crippen LogP contribution < -0.4 is 11.2 Å². The summed E-state index contributed by atoms with van der Waals surface area (Å²) in [5.74, 6) is 0.0318. The molecule has 2 atom stereocenters. The first-order valence-electron chi connectivity index (χ1n) is 6.16. The van der Waals surface area contributed by atoms with Crippen LogP contribution in [-0.2, 0) is 13.0 Å². The van der Waals surface area contributed by atoms with Gasteiger partial charge in [0, 0.05) is 34.8 Å². The summed E-state index contributed by atoms with van der Waals surface area (Å²) in [4.78, 5) is 25.7. The van der Waals surface area contributed by atoms with Gasteiger partial charge in [0.1, 0.15) is 0 Å². The minimum Gasteiger partial charge on any atom is -0.396 e. The van der Waals surface area contributed by atoms with Crippen LogP contribution in [0.5, 0.6) is 0 Å². The smallest absolute Gasteiger partial charge is 0.328 e. The molecule has 19 heavy (non-hydrogen) atoms. The molecule has 0 spiro atoms. The van der Waals surface area contributed by atoms with E-state index in [1.54, 1.807) is 6.20 Å². The molecule has 1 fully saturated rings. The quantitative estimate of drug-likeness (QED) is 0.458. The van der Waals surface area contributed by atoms with Crippen LogP contribution in [-0.4, -0.2) is 37.4 Å². The van der Waals surface area contributed by atoms with Crippen LogP contribution in [0.3, 0.4) is 0 Å². The molecule has 0 saturated heterocycles. The lowest BCUT2D eigenvalue weighted by Gasteiger charge is -2.16. The fourth-order valence-electron chi connectivity index (χ4n) is 2.42. The molecule has 0 bridgehead atoms. The number of nitrogens with one attached hydrogen (secondary N) is 1. The standard InChI is InChI=1S/C12H17IN2O4/c13-2-1-8-4-15(11(19)14-10(8)18)6-12(7-17)3-9(12)5-16/h4,9,16-17H,1-3,5-7H2,(H,14,18,19). The largest absolute Gasteiger partial charge is 0.396 e. The number of aromatic amines is 1. The minimum absolute atomic E-state index is 0.0132. The Balaban J connectivity index is 2.28. The SMILES string of the molecule is O=c1[nH]c(=O)n(CC2(CO)CC2CO)cc1CCI. The Bertz CT molecular complexity index is 568. The molecular formula is C12H17IN2O4. The van der Waals surface area contributed by atoms with Gasteiger partial charge in [-0.25, -0.2) is 4.79 Å². The van der Waals surface area contributed by atoms with Crippen molar-refractivity contribution in [2.75, 3.05) is 17.6 Å². The van der Waals surface area contributed by atoms with Crippen molar-refractivity contribution in [3.63, 3.8) is 0 Å². The lowest BCUT2D eigenvalue weighted by molar-refractivity contribution is 0.156. The first kappa shape index (κ1) is 14.7. The highest BCUT2D eigenvalue weighted by Crippen LogP contribution is 2.52. The molecule has 1 aromatic rings. The number of nitrogens with zero attached hydrogens (tertiary/aromatic N) is 1. The Hall–Kier alpha value is -0.670. The fourth-order valence-corrected chi connectivity index (χ4v) is 3.00. The zero-order chi connectivity index (χ0) is 14.0. The highest BCUT2D eigenvalue weighted by molar-refractivity contribution is 14.1. The number of aliphatic hydroxyl groups excluding tert-OH is 2. The number of alkyl halides is 1. The number of aryl methyl sites for hydroxylation is 1. The first-order chi connectivity index (χ1) is 9.06. The lowest BCUT2D eigenvalue weighted by Crippen LogP contribution is -2.35. The van der Waals surface area contributed by atoms with E-state index in [-0.39, 0.29) is 24.7 Å². The van der Waals surface area contributed by atoms with Crippen LogP contribution in [0.2, 0.25) is 0 Å². The van der Waals surface area contributed by atoms with E-state index >= 15 is 0 Å². The molecule has 2 rings (SSSR count). The molecule has 0 aromatic carbocycles. The molecule has 1 aliphatic carbocycles. The number of rotatable bonds is 6. The zero-order valence-corrected chi connectivity index (χ0v) is 12.6. The summed E-state index contributed by atoms with van der Waals surface area (Å²) >= 11 is 2.17. The van der Waals surface area contributed by atoms with E-state index in [2.05, 4.69) is 27.6 Å². The van der Waals surface area contributed by atoms with Gasteiger partial charge in [0.05, 0.1) is 6.61 Å². The van der Waals surface area contributed by atoms with Crippen LogP contribution in [0.15, 0.2) is 15.8 Å². The summed E-state index contributed by atoms with van der Waals surface area (Å²) in [6, 6.07) is 0. The Morgan fingerprint density at radius 1 is 1.47 bits per heavy atom. The second-order valence-electron chi connectivity index (χ2n) is 5.08. The average molecular weight is 380 g/mol. The van der Waals surface area contributed by atoms with E-state index in [9.17, 15) is 14.7 Å². The maximum atomic E-state index is 11.8. The van der Waals surface area contributed by atoms with Crippen molar-refractivity contribution >= 4 is 22.6 Å². The van der Waals surface area contributed by atoms with Crippen LogP contribution in [0.4, 0.5) is 0 Å². The van der Waals surface area contributed by atoms with Crippen molar-refractivity contribution < 1.29 is 10.2 Å². The van der Waals surface area contributed by atoms with E-state index in [4.69, 9.17) is 5.11 Å². The third-order valence-corrected chi connectivity index (χ3v) is 4.37. The number of halogens is 1. The summed E-state index contributed by atoms with van der Waals surface area (Å²) in [5, 5.41) is 18.6. The normalized spacial score (nSPS) is 25.5. The van der Waals surface area contributed by atoms with E-state index in [0.717, 1.165) is 4.43 Å². The summed E-state index contributed by atoms with van der Waals surface area (Å²) in [6.45, 7) is 0.281. The van der Waals surface area contributed by atoms with Gasteiger partial charge in [-0.3, -0.25) is 14.3 Å². The van der Waals surface area contributed by atoms with Crippen molar-refractivity contribution in [1.29, 1.82) is 0 Å². The molecule has 1 saturated carbocycles. The van der Waals surface area contributed by atoms with Gasteiger partial charge in [0.15, 0.2) is 0 Å². The van der Waals surface area contributed by atoms with Crippen LogP contribution in [0, 0.1) is 11.3 Å². The molecule has 1 heterocycles. The van der Waals surface area contributed by atoms with E-state index in [1.807, 2.05) is 0 Å². The van der Waals surface area contributed by atoms with Gasteiger partial charge in [-0.05, 0) is 18.8 Å². The molecule has 1 aromatic heterocycles. The third kappa shape index (κ3) is 2.92.